The summed E-state index contributed by atoms with van der Waals surface area (Å²) in [6.07, 6.45) is 1.83. The monoisotopic (exact) mass is 580 g/mol. The van der Waals surface area contributed by atoms with Crippen LogP contribution in [0.25, 0.3) is 0 Å². The maximum atomic E-state index is 11.0. The summed E-state index contributed by atoms with van der Waals surface area (Å²) >= 11 is 0. The number of benzene rings is 4. The molecule has 1 saturated carbocycles. The number of hydrogen-bond donors (Lipinski definition) is 2. The van der Waals surface area contributed by atoms with E-state index in [1.54, 1.807) is 18.2 Å². The van der Waals surface area contributed by atoms with Crippen LogP contribution < -0.4 is 9.47 Å². The van der Waals surface area contributed by atoms with Gasteiger partial charge in [0.05, 0.1) is 16.6 Å². The number of nitriles is 1. The quantitative estimate of drug-likeness (QED) is 0.184. The van der Waals surface area contributed by atoms with Crippen LogP contribution in [0.3, 0.4) is 0 Å². The minimum atomic E-state index is -0.821. The highest BCUT2D eigenvalue weighted by Crippen LogP contribution is 2.59. The molecule has 43 heavy (non-hydrogen) atoms. The minimum Gasteiger partial charge on any atom is -0.506 e. The van der Waals surface area contributed by atoms with E-state index in [1.165, 1.54) is 30.3 Å². The number of rotatable bonds is 7. The van der Waals surface area contributed by atoms with Gasteiger partial charge in [0.15, 0.2) is 5.75 Å². The van der Waals surface area contributed by atoms with Gasteiger partial charge in [-0.05, 0) is 53.6 Å². The molecule has 4 fully saturated rings. The van der Waals surface area contributed by atoms with Gasteiger partial charge >= 0.3 is 5.69 Å². The maximum Gasteiger partial charge on any atom is 0.310 e. The van der Waals surface area contributed by atoms with Gasteiger partial charge in [0, 0.05) is 37.5 Å². The zero-order valence-electron chi connectivity index (χ0n) is 22.5. The minimum absolute atomic E-state index is 0.0715. The molecule has 3 saturated heterocycles. The molecular formula is C32H24N2O9. The molecule has 11 heteroatoms. The number of aromatic hydroxyl groups is 2. The number of nitrogens with zero attached hydrogens (tertiary/aromatic N) is 2. The van der Waals surface area contributed by atoms with Crippen LogP contribution in [-0.2, 0) is 25.4 Å². The summed E-state index contributed by atoms with van der Waals surface area (Å²) in [5, 5.41) is 39.9. The van der Waals surface area contributed by atoms with Crippen LogP contribution in [0, 0.1) is 21.4 Å². The third-order valence-corrected chi connectivity index (χ3v) is 8.10. The SMILES string of the molecule is N#Cc1ccc(Oc2ccc(C34CC5CC(c6ccc(Oc7ccc([N+](=O)[O-])c(O)c7)cc6)(C3)OC(O5)O4)cc2)cc1O. The fraction of sp³-hybridized carbons (Fsp3) is 0.219. The average Bonchev–Trinajstić information content (AvgIpc) is 2.97. The lowest BCUT2D eigenvalue weighted by molar-refractivity contribution is -0.483. The molecule has 0 spiro atoms. The predicted molar refractivity (Wildman–Crippen MR) is 149 cm³/mol. The van der Waals surface area contributed by atoms with E-state index in [0.717, 1.165) is 11.1 Å². The molecule has 4 bridgehead atoms. The molecule has 4 unspecified atom stereocenters. The molecule has 1 aliphatic carbocycles. The number of hydrogen-bond acceptors (Lipinski definition) is 10. The molecule has 0 aromatic heterocycles. The van der Waals surface area contributed by atoms with Gasteiger partial charge < -0.3 is 33.9 Å². The van der Waals surface area contributed by atoms with Crippen molar-refractivity contribution >= 4 is 5.69 Å². The van der Waals surface area contributed by atoms with E-state index in [1.807, 2.05) is 42.5 Å². The molecule has 4 aromatic carbocycles. The standard InChI is InChI=1S/C32H24N2O9/c33-17-19-1-6-24(13-28(19)35)39-22-7-2-20(3-8-22)31-15-26-16-32(18-31,43-30(41-26)42-31)21-4-9-23(10-5-21)40-25-11-12-27(34(37)38)29(36)14-25/h1-14,26,30,35-36H,15-16,18H2. The molecule has 8 rings (SSSR count). The number of phenols is 2. The van der Waals surface area contributed by atoms with E-state index < -0.39 is 34.0 Å². The Morgan fingerprint density at radius 3 is 1.77 bits per heavy atom. The lowest BCUT2D eigenvalue weighted by Gasteiger charge is -2.60. The maximum absolute atomic E-state index is 11.0. The second-order valence-electron chi connectivity index (χ2n) is 10.8. The third kappa shape index (κ3) is 4.77. The summed E-state index contributed by atoms with van der Waals surface area (Å²) < 4.78 is 30.3. The summed E-state index contributed by atoms with van der Waals surface area (Å²) in [5.74, 6) is 1.13. The second-order valence-corrected chi connectivity index (χ2v) is 10.8. The fourth-order valence-corrected chi connectivity index (χ4v) is 6.19. The Balaban J connectivity index is 1.10. The number of phenolic OH excluding ortho intramolecular Hbond substituents is 2. The Labute approximate surface area is 245 Å². The normalized spacial score (nSPS) is 25.2. The largest absolute Gasteiger partial charge is 0.506 e. The van der Waals surface area contributed by atoms with Gasteiger partial charge in [-0.1, -0.05) is 24.3 Å². The van der Waals surface area contributed by atoms with Crippen molar-refractivity contribution in [3.05, 3.63) is 112 Å². The summed E-state index contributed by atoms with van der Waals surface area (Å²) in [6.45, 7) is -0.821. The van der Waals surface area contributed by atoms with E-state index in [4.69, 9.17) is 28.9 Å². The Bertz CT molecular complexity index is 1750. The molecule has 4 atom stereocenters. The molecule has 11 nitrogen and oxygen atoms in total. The van der Waals surface area contributed by atoms with E-state index in [9.17, 15) is 20.3 Å². The molecule has 3 aliphatic heterocycles. The number of nitro benzene ring substituents is 1. The van der Waals surface area contributed by atoms with Gasteiger partial charge in [-0.15, -0.1) is 0 Å². The first kappa shape index (κ1) is 26.7. The Kier molecular flexibility index (Phi) is 6.21. The van der Waals surface area contributed by atoms with Crippen LogP contribution in [0.15, 0.2) is 84.9 Å². The number of ether oxygens (including phenoxy) is 5. The van der Waals surface area contributed by atoms with Crippen LogP contribution >= 0.6 is 0 Å². The molecule has 2 N–H and O–H groups in total. The first-order valence-electron chi connectivity index (χ1n) is 13.5. The summed E-state index contributed by atoms with van der Waals surface area (Å²) in [5.41, 5.74) is 0.397. The van der Waals surface area contributed by atoms with Crippen LogP contribution in [0.1, 0.15) is 36.0 Å². The zero-order chi connectivity index (χ0) is 29.8. The first-order valence-corrected chi connectivity index (χ1v) is 13.5. The van der Waals surface area contributed by atoms with Crippen molar-refractivity contribution in [2.45, 2.75) is 43.0 Å². The molecule has 216 valence electrons. The van der Waals surface area contributed by atoms with Crippen molar-refractivity contribution < 1.29 is 38.8 Å². The van der Waals surface area contributed by atoms with Gasteiger partial charge in [-0.3, -0.25) is 10.1 Å². The van der Waals surface area contributed by atoms with Crippen molar-refractivity contribution in [1.82, 2.24) is 0 Å². The summed E-state index contributed by atoms with van der Waals surface area (Å²) in [4.78, 5) is 10.3. The van der Waals surface area contributed by atoms with Crippen molar-refractivity contribution in [2.24, 2.45) is 0 Å². The Morgan fingerprint density at radius 1 is 0.791 bits per heavy atom. The fourth-order valence-electron chi connectivity index (χ4n) is 6.19. The smallest absolute Gasteiger partial charge is 0.310 e. The van der Waals surface area contributed by atoms with Gasteiger partial charge in [0.1, 0.15) is 46.0 Å². The Morgan fingerprint density at radius 2 is 1.30 bits per heavy atom. The molecular weight excluding hydrogens is 556 g/mol. The van der Waals surface area contributed by atoms with Crippen molar-refractivity contribution in [3.8, 4) is 40.6 Å². The number of nitro groups is 1. The zero-order valence-corrected chi connectivity index (χ0v) is 22.5. The predicted octanol–water partition coefficient (Wildman–Crippen LogP) is 6.47. The highest BCUT2D eigenvalue weighted by atomic mass is 16.9. The molecule has 0 amide bonds. The first-order chi connectivity index (χ1) is 20.7. The Hall–Kier alpha value is -5.15. The van der Waals surface area contributed by atoms with Crippen molar-refractivity contribution in [3.63, 3.8) is 0 Å². The van der Waals surface area contributed by atoms with Gasteiger partial charge in [-0.2, -0.15) is 5.26 Å². The lowest BCUT2D eigenvalue weighted by Crippen LogP contribution is -2.63. The third-order valence-electron chi connectivity index (χ3n) is 8.10. The highest BCUT2D eigenvalue weighted by Gasteiger charge is 2.62. The van der Waals surface area contributed by atoms with Crippen LogP contribution in [0.4, 0.5) is 5.69 Å². The van der Waals surface area contributed by atoms with Crippen LogP contribution in [0.5, 0.6) is 34.5 Å². The van der Waals surface area contributed by atoms with Crippen molar-refractivity contribution in [1.29, 1.82) is 5.26 Å². The van der Waals surface area contributed by atoms with Crippen molar-refractivity contribution in [2.75, 3.05) is 0 Å². The second kappa shape index (κ2) is 9.99. The summed E-state index contributed by atoms with van der Waals surface area (Å²) in [7, 11) is 0. The van der Waals surface area contributed by atoms with E-state index >= 15 is 0 Å². The summed E-state index contributed by atoms with van der Waals surface area (Å²) in [6, 6.07) is 25.3. The van der Waals surface area contributed by atoms with Gasteiger partial charge in [0.2, 0.25) is 0 Å². The van der Waals surface area contributed by atoms with E-state index in [2.05, 4.69) is 0 Å². The van der Waals surface area contributed by atoms with E-state index in [0.29, 0.717) is 36.5 Å². The topological polar surface area (TPSA) is 154 Å². The average molecular weight is 581 g/mol. The van der Waals surface area contributed by atoms with E-state index in [-0.39, 0.29) is 23.2 Å². The van der Waals surface area contributed by atoms with Gasteiger partial charge in [0.25, 0.3) is 6.48 Å². The van der Waals surface area contributed by atoms with Gasteiger partial charge in [-0.25, -0.2) is 0 Å². The van der Waals surface area contributed by atoms with Crippen LogP contribution in [0.2, 0.25) is 0 Å². The molecule has 0 radical (unpaired) electrons. The highest BCUT2D eigenvalue weighted by molar-refractivity contribution is 5.51. The molecule has 3 heterocycles. The lowest BCUT2D eigenvalue weighted by atomic mass is 9.66. The molecule has 4 aliphatic rings. The molecule has 4 aromatic rings. The van der Waals surface area contributed by atoms with Crippen LogP contribution in [-0.4, -0.2) is 27.7 Å².